The van der Waals surface area contributed by atoms with Crippen LogP contribution in [0, 0.1) is 13.8 Å². The normalized spacial score (nSPS) is 19.1. The number of nitrogens with zero attached hydrogens (tertiary/aromatic N) is 3. The van der Waals surface area contributed by atoms with E-state index < -0.39 is 0 Å². The van der Waals surface area contributed by atoms with Crippen molar-refractivity contribution in [1.82, 2.24) is 14.9 Å². The number of benzene rings is 1. The van der Waals surface area contributed by atoms with Crippen LogP contribution >= 0.6 is 12.2 Å². The summed E-state index contributed by atoms with van der Waals surface area (Å²) in [7, 11) is 0. The lowest BCUT2D eigenvalue weighted by molar-refractivity contribution is 0.475. The molecule has 0 aliphatic carbocycles. The molecule has 144 valence electrons. The van der Waals surface area contributed by atoms with Gasteiger partial charge >= 0.3 is 0 Å². The third-order valence-corrected chi connectivity index (χ3v) is 5.79. The number of pyridine rings is 1. The lowest BCUT2D eigenvalue weighted by Gasteiger charge is -2.28. The summed E-state index contributed by atoms with van der Waals surface area (Å²) in [5.41, 5.74) is 5.60. The second-order valence-electron chi connectivity index (χ2n) is 7.08. The van der Waals surface area contributed by atoms with Gasteiger partial charge in [0.2, 0.25) is 0 Å². The van der Waals surface area contributed by atoms with Crippen molar-refractivity contribution in [2.75, 3.05) is 4.90 Å². The van der Waals surface area contributed by atoms with E-state index in [1.165, 1.54) is 17.0 Å². The number of hydrogen-bond donors (Lipinski definition) is 2. The van der Waals surface area contributed by atoms with E-state index in [4.69, 9.17) is 12.2 Å². The number of phenolic OH excluding ortho intramolecular Hbond substituents is 1. The van der Waals surface area contributed by atoms with Crippen molar-refractivity contribution >= 4 is 23.0 Å². The number of anilines is 1. The van der Waals surface area contributed by atoms with E-state index in [1.807, 2.05) is 36.5 Å². The second kappa shape index (κ2) is 7.28. The molecular formula is C22H24N4OS. The van der Waals surface area contributed by atoms with Gasteiger partial charge in [0.1, 0.15) is 5.75 Å². The summed E-state index contributed by atoms with van der Waals surface area (Å²) in [6, 6.07) is 15.3. The molecule has 3 heterocycles. The van der Waals surface area contributed by atoms with E-state index in [9.17, 15) is 5.11 Å². The Morgan fingerprint density at radius 1 is 1.14 bits per heavy atom. The average molecular weight is 393 g/mol. The molecule has 0 spiro atoms. The molecule has 2 atom stereocenters. The van der Waals surface area contributed by atoms with Gasteiger partial charge in [-0.15, -0.1) is 0 Å². The first kappa shape index (κ1) is 18.5. The van der Waals surface area contributed by atoms with Crippen molar-refractivity contribution in [3.05, 3.63) is 77.4 Å². The van der Waals surface area contributed by atoms with Crippen LogP contribution in [0.25, 0.3) is 0 Å². The number of thiocarbonyl (C=S) groups is 1. The first-order valence-electron chi connectivity index (χ1n) is 9.47. The molecule has 6 heteroatoms. The zero-order chi connectivity index (χ0) is 19.8. The topological polar surface area (TPSA) is 53.3 Å². The van der Waals surface area contributed by atoms with Crippen LogP contribution in [-0.4, -0.2) is 19.8 Å². The highest BCUT2D eigenvalue weighted by molar-refractivity contribution is 7.80. The van der Waals surface area contributed by atoms with Gasteiger partial charge in [-0.2, -0.15) is 0 Å². The summed E-state index contributed by atoms with van der Waals surface area (Å²) in [6.07, 6.45) is 1.82. The van der Waals surface area contributed by atoms with Gasteiger partial charge in [0.05, 0.1) is 17.8 Å². The quantitative estimate of drug-likeness (QED) is 0.645. The number of nitrogens with one attached hydrogen (secondary N) is 1. The smallest absolute Gasteiger partial charge is 0.174 e. The highest BCUT2D eigenvalue weighted by Gasteiger charge is 2.42. The number of aromatic hydroxyl groups is 1. The molecule has 5 nitrogen and oxygen atoms in total. The number of phenols is 1. The Morgan fingerprint density at radius 2 is 1.89 bits per heavy atom. The molecule has 1 aliphatic heterocycles. The minimum atomic E-state index is -0.0618. The van der Waals surface area contributed by atoms with Crippen LogP contribution < -0.4 is 10.2 Å². The molecule has 3 aromatic rings. The summed E-state index contributed by atoms with van der Waals surface area (Å²) >= 11 is 5.74. The molecule has 2 aromatic heterocycles. The molecule has 0 saturated carbocycles. The fourth-order valence-electron chi connectivity index (χ4n) is 4.18. The third-order valence-electron chi connectivity index (χ3n) is 5.47. The van der Waals surface area contributed by atoms with Crippen LogP contribution in [0.1, 0.15) is 41.7 Å². The molecule has 0 bridgehead atoms. The number of aryl methyl sites for hydroxylation is 1. The first-order chi connectivity index (χ1) is 13.5. The maximum atomic E-state index is 9.71. The van der Waals surface area contributed by atoms with E-state index in [0.717, 1.165) is 17.9 Å². The van der Waals surface area contributed by atoms with Crippen LogP contribution in [-0.2, 0) is 6.54 Å². The predicted molar refractivity (Wildman–Crippen MR) is 116 cm³/mol. The Kier molecular flexibility index (Phi) is 4.81. The molecule has 1 saturated heterocycles. The molecule has 1 aromatic carbocycles. The number of hydrogen-bond acceptors (Lipinski definition) is 3. The van der Waals surface area contributed by atoms with Gasteiger partial charge in [-0.05, 0) is 81.0 Å². The molecular weight excluding hydrogens is 368 g/mol. The lowest BCUT2D eigenvalue weighted by atomic mass is 9.96. The van der Waals surface area contributed by atoms with Crippen LogP contribution in [0.5, 0.6) is 5.75 Å². The lowest BCUT2D eigenvalue weighted by Crippen LogP contribution is -2.29. The zero-order valence-electron chi connectivity index (χ0n) is 16.3. The van der Waals surface area contributed by atoms with E-state index in [2.05, 4.69) is 46.6 Å². The maximum Gasteiger partial charge on any atom is 0.174 e. The van der Waals surface area contributed by atoms with Gasteiger partial charge in [-0.1, -0.05) is 6.07 Å². The third kappa shape index (κ3) is 3.03. The molecule has 0 unspecified atom stereocenters. The summed E-state index contributed by atoms with van der Waals surface area (Å²) < 4.78 is 2.32. The fraction of sp³-hybridized carbons (Fsp3) is 0.273. The molecule has 1 aliphatic rings. The van der Waals surface area contributed by atoms with Gasteiger partial charge in [0.15, 0.2) is 5.11 Å². The second-order valence-corrected chi connectivity index (χ2v) is 7.47. The standard InChI is InChI=1S/C22H24N4OS/c1-4-25-14(2)13-18(15(25)3)21-20(19-7-5-6-12-23-19)24-22(28)26(21)16-8-10-17(27)11-9-16/h5-13,20-21,27H,4H2,1-3H3,(H,24,28)/t20-,21-/m1/s1. The van der Waals surface area contributed by atoms with Crippen LogP contribution in [0.2, 0.25) is 0 Å². The van der Waals surface area contributed by atoms with Gasteiger partial charge in [-0.25, -0.2) is 0 Å². The van der Waals surface area contributed by atoms with Gasteiger partial charge < -0.3 is 19.9 Å². The predicted octanol–water partition coefficient (Wildman–Crippen LogP) is 4.40. The average Bonchev–Trinajstić information content (AvgIpc) is 3.18. The van der Waals surface area contributed by atoms with Crippen molar-refractivity contribution in [3.63, 3.8) is 0 Å². The first-order valence-corrected chi connectivity index (χ1v) is 9.88. The maximum absolute atomic E-state index is 9.71. The van der Waals surface area contributed by atoms with Crippen LogP contribution in [0.3, 0.4) is 0 Å². The largest absolute Gasteiger partial charge is 0.508 e. The van der Waals surface area contributed by atoms with E-state index >= 15 is 0 Å². The highest BCUT2D eigenvalue weighted by Crippen LogP contribution is 2.43. The Bertz CT molecular complexity index is 997. The van der Waals surface area contributed by atoms with Crippen LogP contribution in [0.4, 0.5) is 5.69 Å². The molecule has 0 radical (unpaired) electrons. The van der Waals surface area contributed by atoms with E-state index in [0.29, 0.717) is 5.11 Å². The molecule has 28 heavy (non-hydrogen) atoms. The van der Waals surface area contributed by atoms with Crippen molar-refractivity contribution in [1.29, 1.82) is 0 Å². The van der Waals surface area contributed by atoms with Gasteiger partial charge in [0.25, 0.3) is 0 Å². The van der Waals surface area contributed by atoms with E-state index in [-0.39, 0.29) is 17.8 Å². The Hall–Kier alpha value is -2.86. The Labute approximate surface area is 170 Å². The number of rotatable bonds is 4. The Morgan fingerprint density at radius 3 is 2.50 bits per heavy atom. The monoisotopic (exact) mass is 392 g/mol. The Balaban J connectivity index is 1.88. The fourth-order valence-corrected chi connectivity index (χ4v) is 4.52. The molecule has 0 amide bonds. The van der Waals surface area contributed by atoms with E-state index in [1.54, 1.807) is 12.1 Å². The van der Waals surface area contributed by atoms with Crippen LogP contribution in [0.15, 0.2) is 54.7 Å². The van der Waals surface area contributed by atoms with Crippen molar-refractivity contribution in [2.24, 2.45) is 0 Å². The van der Waals surface area contributed by atoms with Crippen molar-refractivity contribution in [3.8, 4) is 5.75 Å². The van der Waals surface area contributed by atoms with Crippen molar-refractivity contribution in [2.45, 2.75) is 39.4 Å². The minimum Gasteiger partial charge on any atom is -0.508 e. The minimum absolute atomic E-state index is 0.0292. The zero-order valence-corrected chi connectivity index (χ0v) is 17.1. The molecule has 2 N–H and O–H groups in total. The summed E-state index contributed by atoms with van der Waals surface area (Å²) in [6.45, 7) is 7.39. The van der Waals surface area contributed by atoms with Crippen molar-refractivity contribution < 1.29 is 5.11 Å². The SMILES string of the molecule is CCn1c(C)cc([C@@H]2[C@@H](c3ccccn3)NC(=S)N2c2ccc(O)cc2)c1C. The highest BCUT2D eigenvalue weighted by atomic mass is 32.1. The summed E-state index contributed by atoms with van der Waals surface area (Å²) in [5, 5.41) is 13.9. The summed E-state index contributed by atoms with van der Waals surface area (Å²) in [4.78, 5) is 6.73. The number of aromatic nitrogens is 2. The van der Waals surface area contributed by atoms with Gasteiger partial charge in [0, 0.05) is 29.8 Å². The molecule has 1 fully saturated rings. The molecule has 4 rings (SSSR count). The summed E-state index contributed by atoms with van der Waals surface area (Å²) in [5.74, 6) is 0.240. The van der Waals surface area contributed by atoms with Gasteiger partial charge in [-0.3, -0.25) is 4.98 Å².